The number of nitrogens with one attached hydrogen (secondary N) is 2. The second-order valence-corrected chi connectivity index (χ2v) is 9.60. The largest absolute Gasteiger partial charge is 0.363 e. The molecule has 0 radical (unpaired) electrons. The summed E-state index contributed by atoms with van der Waals surface area (Å²) in [5.74, 6) is 0.0431. The molecule has 1 fully saturated rings. The van der Waals surface area contributed by atoms with Crippen LogP contribution in [0.2, 0.25) is 5.15 Å². The Morgan fingerprint density at radius 2 is 1.91 bits per heavy atom. The van der Waals surface area contributed by atoms with Gasteiger partial charge in [0.1, 0.15) is 6.04 Å². The molecule has 1 aliphatic carbocycles. The van der Waals surface area contributed by atoms with Crippen LogP contribution < -0.4 is 27.7 Å². The number of amides is 1. The number of carbonyl (C=O) groups excluding carboxylic acids is 1. The molecule has 9 heteroatoms. The van der Waals surface area contributed by atoms with Crippen molar-refractivity contribution in [1.29, 1.82) is 0 Å². The Hall–Kier alpha value is -2.42. The molecule has 2 aliphatic rings. The van der Waals surface area contributed by atoms with E-state index in [-0.39, 0.29) is 28.7 Å². The van der Waals surface area contributed by atoms with Crippen molar-refractivity contribution in [3.63, 3.8) is 0 Å². The standard InChI is InChI=1S/C24H33ClN6O2/c1-3-24(4-2)12-17(22(32)28-13-14-8-10-15(11-9-14)20(26)27)31-18(24)19(25)30-21(23(31)33)29-16-6-5-7-16/h8-11,16-17,20H,3-7,12-13,26-27H2,1-2H3,(H,28,32)(H,29,30)/t17-/m0/s1. The fraction of sp³-hybridized carbons (Fsp3) is 0.542. The maximum atomic E-state index is 13.5. The van der Waals surface area contributed by atoms with Crippen molar-refractivity contribution >= 4 is 23.3 Å². The van der Waals surface area contributed by atoms with Gasteiger partial charge in [0.2, 0.25) is 5.91 Å². The van der Waals surface area contributed by atoms with Gasteiger partial charge in [-0.2, -0.15) is 0 Å². The average Bonchev–Trinajstić information content (AvgIpc) is 3.14. The van der Waals surface area contributed by atoms with Gasteiger partial charge in [-0.25, -0.2) is 4.98 Å². The van der Waals surface area contributed by atoms with Gasteiger partial charge in [-0.3, -0.25) is 14.2 Å². The van der Waals surface area contributed by atoms with E-state index >= 15 is 0 Å². The maximum absolute atomic E-state index is 13.5. The van der Waals surface area contributed by atoms with Gasteiger partial charge in [-0.05, 0) is 49.7 Å². The average molecular weight is 473 g/mol. The van der Waals surface area contributed by atoms with E-state index in [9.17, 15) is 9.59 Å². The minimum atomic E-state index is -0.633. The quantitative estimate of drug-likeness (QED) is 0.437. The number of carbonyl (C=O) groups is 1. The third-order valence-electron chi connectivity index (χ3n) is 7.40. The van der Waals surface area contributed by atoms with Gasteiger partial charge in [0, 0.05) is 18.0 Å². The summed E-state index contributed by atoms with van der Waals surface area (Å²) in [4.78, 5) is 31.3. The molecule has 178 valence electrons. The van der Waals surface area contributed by atoms with Crippen molar-refractivity contribution < 1.29 is 4.79 Å². The molecule has 33 heavy (non-hydrogen) atoms. The molecule has 1 aliphatic heterocycles. The normalized spacial score (nSPS) is 19.3. The fourth-order valence-corrected chi connectivity index (χ4v) is 5.31. The molecule has 4 rings (SSSR count). The summed E-state index contributed by atoms with van der Waals surface area (Å²) < 4.78 is 1.59. The van der Waals surface area contributed by atoms with Crippen molar-refractivity contribution in [3.05, 3.63) is 56.6 Å². The highest BCUT2D eigenvalue weighted by Crippen LogP contribution is 2.47. The number of halogens is 1. The van der Waals surface area contributed by atoms with Gasteiger partial charge in [-0.15, -0.1) is 0 Å². The Kier molecular flexibility index (Phi) is 6.79. The summed E-state index contributed by atoms with van der Waals surface area (Å²) in [6.07, 6.45) is 4.67. The lowest BCUT2D eigenvalue weighted by atomic mass is 9.77. The van der Waals surface area contributed by atoms with Gasteiger partial charge in [0.15, 0.2) is 11.0 Å². The first-order chi connectivity index (χ1) is 15.8. The van der Waals surface area contributed by atoms with E-state index in [0.717, 1.165) is 43.2 Å². The lowest BCUT2D eigenvalue weighted by molar-refractivity contribution is -0.124. The van der Waals surface area contributed by atoms with Crippen LogP contribution in [-0.2, 0) is 16.8 Å². The number of rotatable bonds is 8. The predicted octanol–water partition coefficient (Wildman–Crippen LogP) is 3.10. The van der Waals surface area contributed by atoms with Gasteiger partial charge in [0.25, 0.3) is 5.56 Å². The van der Waals surface area contributed by atoms with Crippen LogP contribution in [0.25, 0.3) is 0 Å². The number of hydrogen-bond donors (Lipinski definition) is 4. The van der Waals surface area contributed by atoms with Crippen LogP contribution in [0.4, 0.5) is 5.82 Å². The minimum Gasteiger partial charge on any atom is -0.363 e. The number of nitrogens with zero attached hydrogens (tertiary/aromatic N) is 2. The summed E-state index contributed by atoms with van der Waals surface area (Å²) in [5.41, 5.74) is 13.2. The number of benzene rings is 1. The van der Waals surface area contributed by atoms with Crippen LogP contribution in [0.15, 0.2) is 29.1 Å². The van der Waals surface area contributed by atoms with E-state index in [1.54, 1.807) is 4.57 Å². The molecule has 8 nitrogen and oxygen atoms in total. The highest BCUT2D eigenvalue weighted by Gasteiger charge is 2.47. The summed E-state index contributed by atoms with van der Waals surface area (Å²) in [7, 11) is 0. The third kappa shape index (κ3) is 4.39. The monoisotopic (exact) mass is 472 g/mol. The Morgan fingerprint density at radius 1 is 1.24 bits per heavy atom. The SMILES string of the molecule is CCC1(CC)C[C@@H](C(=O)NCc2ccc(C(N)N)cc2)n2c1c(Cl)nc(NC1CCC1)c2=O. The maximum Gasteiger partial charge on any atom is 0.294 e. The number of hydrogen-bond acceptors (Lipinski definition) is 6. The van der Waals surface area contributed by atoms with Crippen LogP contribution in [0.1, 0.15) is 81.4 Å². The summed E-state index contributed by atoms with van der Waals surface area (Å²) >= 11 is 6.65. The van der Waals surface area contributed by atoms with Gasteiger partial charge in [0.05, 0.1) is 11.9 Å². The van der Waals surface area contributed by atoms with E-state index in [1.165, 1.54) is 0 Å². The zero-order valence-corrected chi connectivity index (χ0v) is 20.0. The molecule has 0 saturated heterocycles. The van der Waals surface area contributed by atoms with Crippen LogP contribution in [0.5, 0.6) is 0 Å². The molecule has 6 N–H and O–H groups in total. The molecule has 1 aromatic heterocycles. The van der Waals surface area contributed by atoms with Gasteiger partial charge in [-0.1, -0.05) is 49.7 Å². The van der Waals surface area contributed by atoms with Crippen LogP contribution in [0, 0.1) is 0 Å². The second-order valence-electron chi connectivity index (χ2n) is 9.24. The first kappa shape index (κ1) is 23.7. The smallest absolute Gasteiger partial charge is 0.294 e. The predicted molar refractivity (Wildman–Crippen MR) is 130 cm³/mol. The van der Waals surface area contributed by atoms with Crippen molar-refractivity contribution in [2.45, 2.75) is 82.6 Å². The molecule has 0 unspecified atom stereocenters. The lowest BCUT2D eigenvalue weighted by Gasteiger charge is -2.28. The first-order valence-corrected chi connectivity index (χ1v) is 12.1. The molecular weight excluding hydrogens is 440 g/mol. The Balaban J connectivity index is 1.62. The molecule has 0 spiro atoms. The first-order valence-electron chi connectivity index (χ1n) is 11.8. The number of aromatic nitrogens is 2. The Labute approximate surface area is 199 Å². The van der Waals surface area contributed by atoms with Crippen molar-refractivity contribution in [2.75, 3.05) is 5.32 Å². The number of nitrogens with two attached hydrogens (primary N) is 2. The highest BCUT2D eigenvalue weighted by molar-refractivity contribution is 6.30. The van der Waals surface area contributed by atoms with E-state index in [4.69, 9.17) is 23.1 Å². The molecule has 2 aromatic rings. The van der Waals surface area contributed by atoms with E-state index in [2.05, 4.69) is 29.5 Å². The lowest BCUT2D eigenvalue weighted by Crippen LogP contribution is -2.38. The molecule has 1 aromatic carbocycles. The van der Waals surface area contributed by atoms with E-state index < -0.39 is 12.2 Å². The Bertz CT molecular complexity index is 1070. The third-order valence-corrected chi connectivity index (χ3v) is 7.66. The van der Waals surface area contributed by atoms with Crippen LogP contribution in [-0.4, -0.2) is 21.5 Å². The summed E-state index contributed by atoms with van der Waals surface area (Å²) in [5, 5.41) is 6.54. The van der Waals surface area contributed by atoms with Crippen LogP contribution >= 0.6 is 11.6 Å². The molecule has 1 atom stereocenters. The second kappa shape index (κ2) is 9.44. The molecule has 2 heterocycles. The summed E-state index contributed by atoms with van der Waals surface area (Å²) in [6.45, 7) is 4.48. The van der Waals surface area contributed by atoms with Gasteiger partial charge < -0.3 is 22.1 Å². The minimum absolute atomic E-state index is 0.196. The van der Waals surface area contributed by atoms with E-state index in [0.29, 0.717) is 23.8 Å². The fourth-order valence-electron chi connectivity index (χ4n) is 4.93. The summed E-state index contributed by atoms with van der Waals surface area (Å²) in [6, 6.07) is 7.09. The zero-order chi connectivity index (χ0) is 23.8. The van der Waals surface area contributed by atoms with Crippen molar-refractivity contribution in [2.24, 2.45) is 11.5 Å². The molecule has 1 saturated carbocycles. The van der Waals surface area contributed by atoms with Crippen LogP contribution in [0.3, 0.4) is 0 Å². The molecule has 1 amide bonds. The number of fused-ring (bicyclic) bond motifs is 1. The number of anilines is 1. The molecular formula is C24H33ClN6O2. The Morgan fingerprint density at radius 3 is 2.45 bits per heavy atom. The van der Waals surface area contributed by atoms with Crippen molar-refractivity contribution in [1.82, 2.24) is 14.9 Å². The molecule has 0 bridgehead atoms. The van der Waals surface area contributed by atoms with E-state index in [1.807, 2.05) is 24.3 Å². The highest BCUT2D eigenvalue weighted by atomic mass is 35.5. The van der Waals surface area contributed by atoms with Gasteiger partial charge >= 0.3 is 0 Å². The zero-order valence-electron chi connectivity index (χ0n) is 19.2. The topological polar surface area (TPSA) is 128 Å². The van der Waals surface area contributed by atoms with Crippen molar-refractivity contribution in [3.8, 4) is 0 Å².